The molecule has 1 saturated carbocycles. The van der Waals surface area contributed by atoms with Crippen LogP contribution in [-0.4, -0.2) is 18.6 Å². The SMILES string of the molecule is CCOC(=O)C(NC1CCCCC1)c1ccc(F)c(C)c1. The smallest absolute Gasteiger partial charge is 0.327 e. The first-order valence-corrected chi connectivity index (χ1v) is 7.80. The number of carbonyl (C=O) groups excluding carboxylic acids is 1. The fraction of sp³-hybridized carbons (Fsp3) is 0.588. The maximum Gasteiger partial charge on any atom is 0.327 e. The molecule has 4 heteroatoms. The summed E-state index contributed by atoms with van der Waals surface area (Å²) >= 11 is 0. The highest BCUT2D eigenvalue weighted by molar-refractivity contribution is 5.77. The summed E-state index contributed by atoms with van der Waals surface area (Å²) in [5.41, 5.74) is 1.32. The summed E-state index contributed by atoms with van der Waals surface area (Å²) in [6.07, 6.45) is 5.80. The van der Waals surface area contributed by atoms with Crippen molar-refractivity contribution in [3.63, 3.8) is 0 Å². The van der Waals surface area contributed by atoms with Crippen LogP contribution in [0.15, 0.2) is 18.2 Å². The second-order valence-electron chi connectivity index (χ2n) is 5.70. The van der Waals surface area contributed by atoms with Crippen molar-refractivity contribution in [1.82, 2.24) is 5.32 Å². The Bertz CT molecular complexity index is 484. The molecule has 0 aliphatic heterocycles. The Balaban J connectivity index is 2.17. The van der Waals surface area contributed by atoms with Gasteiger partial charge in [-0.15, -0.1) is 0 Å². The average molecular weight is 293 g/mol. The van der Waals surface area contributed by atoms with E-state index < -0.39 is 6.04 Å². The molecule has 0 amide bonds. The lowest BCUT2D eigenvalue weighted by Gasteiger charge is -2.27. The lowest BCUT2D eigenvalue weighted by Crippen LogP contribution is -2.39. The summed E-state index contributed by atoms with van der Waals surface area (Å²) in [6.45, 7) is 3.86. The van der Waals surface area contributed by atoms with Crippen molar-refractivity contribution in [3.8, 4) is 0 Å². The molecule has 1 fully saturated rings. The third-order valence-corrected chi connectivity index (χ3v) is 4.05. The van der Waals surface area contributed by atoms with Crippen LogP contribution in [0.4, 0.5) is 4.39 Å². The molecule has 1 aliphatic rings. The number of hydrogen-bond acceptors (Lipinski definition) is 3. The van der Waals surface area contributed by atoms with Crippen molar-refractivity contribution < 1.29 is 13.9 Å². The van der Waals surface area contributed by atoms with Crippen LogP contribution < -0.4 is 5.32 Å². The first-order valence-electron chi connectivity index (χ1n) is 7.80. The fourth-order valence-corrected chi connectivity index (χ4v) is 2.88. The van der Waals surface area contributed by atoms with E-state index in [9.17, 15) is 9.18 Å². The van der Waals surface area contributed by atoms with Gasteiger partial charge in [0.05, 0.1) is 6.61 Å². The van der Waals surface area contributed by atoms with Crippen LogP contribution in [0.25, 0.3) is 0 Å². The summed E-state index contributed by atoms with van der Waals surface area (Å²) in [6, 6.07) is 4.64. The molecule has 1 atom stereocenters. The fourth-order valence-electron chi connectivity index (χ4n) is 2.88. The van der Waals surface area contributed by atoms with Crippen molar-refractivity contribution in [1.29, 1.82) is 0 Å². The predicted molar refractivity (Wildman–Crippen MR) is 80.5 cm³/mol. The van der Waals surface area contributed by atoms with Gasteiger partial charge in [-0.1, -0.05) is 31.4 Å². The molecule has 21 heavy (non-hydrogen) atoms. The Morgan fingerprint density at radius 3 is 2.71 bits per heavy atom. The van der Waals surface area contributed by atoms with Gasteiger partial charge in [-0.05, 0) is 43.9 Å². The number of halogens is 1. The van der Waals surface area contributed by atoms with E-state index in [-0.39, 0.29) is 11.8 Å². The third-order valence-electron chi connectivity index (χ3n) is 4.05. The van der Waals surface area contributed by atoms with E-state index in [2.05, 4.69) is 5.32 Å². The zero-order valence-corrected chi connectivity index (χ0v) is 12.8. The van der Waals surface area contributed by atoms with Gasteiger partial charge in [-0.2, -0.15) is 0 Å². The molecule has 0 spiro atoms. The first kappa shape index (κ1) is 16.0. The van der Waals surface area contributed by atoms with E-state index >= 15 is 0 Å². The highest BCUT2D eigenvalue weighted by Crippen LogP contribution is 2.23. The molecule has 0 bridgehead atoms. The maximum absolute atomic E-state index is 13.4. The second kappa shape index (κ2) is 7.55. The highest BCUT2D eigenvalue weighted by atomic mass is 19.1. The summed E-state index contributed by atoms with van der Waals surface area (Å²) in [7, 11) is 0. The third kappa shape index (κ3) is 4.27. The number of nitrogens with one attached hydrogen (secondary N) is 1. The topological polar surface area (TPSA) is 38.3 Å². The van der Waals surface area contributed by atoms with Crippen LogP contribution in [0.2, 0.25) is 0 Å². The molecule has 1 aliphatic carbocycles. The molecule has 1 aromatic rings. The standard InChI is InChI=1S/C17H24FNO2/c1-3-21-17(20)16(19-14-7-5-4-6-8-14)13-9-10-15(18)12(2)11-13/h9-11,14,16,19H,3-8H2,1-2H3. The van der Waals surface area contributed by atoms with E-state index in [1.165, 1.54) is 25.3 Å². The van der Waals surface area contributed by atoms with E-state index in [0.29, 0.717) is 18.2 Å². The van der Waals surface area contributed by atoms with Crippen LogP contribution in [0, 0.1) is 12.7 Å². The van der Waals surface area contributed by atoms with Crippen molar-refractivity contribution in [2.24, 2.45) is 0 Å². The number of rotatable bonds is 5. The normalized spacial score (nSPS) is 17.5. The number of hydrogen-bond donors (Lipinski definition) is 1. The number of esters is 1. The molecule has 1 N–H and O–H groups in total. The minimum absolute atomic E-state index is 0.251. The van der Waals surface area contributed by atoms with Gasteiger partial charge in [0.1, 0.15) is 11.9 Å². The first-order chi connectivity index (χ1) is 10.1. The summed E-state index contributed by atoms with van der Waals surface area (Å²) in [5.74, 6) is -0.534. The van der Waals surface area contributed by atoms with Gasteiger partial charge in [0.2, 0.25) is 0 Å². The molecule has 0 heterocycles. The highest BCUT2D eigenvalue weighted by Gasteiger charge is 2.26. The molecule has 0 aromatic heterocycles. The monoisotopic (exact) mass is 293 g/mol. The van der Waals surface area contributed by atoms with E-state index in [1.807, 2.05) is 0 Å². The Hall–Kier alpha value is -1.42. The van der Waals surface area contributed by atoms with Gasteiger partial charge in [-0.3, -0.25) is 5.32 Å². The van der Waals surface area contributed by atoms with Gasteiger partial charge >= 0.3 is 5.97 Å². The quantitative estimate of drug-likeness (QED) is 0.842. The van der Waals surface area contributed by atoms with Crippen LogP contribution in [-0.2, 0) is 9.53 Å². The van der Waals surface area contributed by atoms with Crippen molar-refractivity contribution in [3.05, 3.63) is 35.1 Å². The van der Waals surface area contributed by atoms with Crippen LogP contribution in [0.1, 0.15) is 56.2 Å². The minimum Gasteiger partial charge on any atom is -0.465 e. The zero-order valence-electron chi connectivity index (χ0n) is 12.8. The number of benzene rings is 1. The lowest BCUT2D eigenvalue weighted by molar-refractivity contribution is -0.146. The minimum atomic E-state index is -0.507. The molecule has 0 radical (unpaired) electrons. The van der Waals surface area contributed by atoms with Crippen molar-refractivity contribution in [2.45, 2.75) is 58.0 Å². The number of ether oxygens (including phenoxy) is 1. The van der Waals surface area contributed by atoms with E-state index in [1.54, 1.807) is 26.0 Å². The van der Waals surface area contributed by atoms with Crippen molar-refractivity contribution >= 4 is 5.97 Å². The van der Waals surface area contributed by atoms with Gasteiger partial charge in [0, 0.05) is 6.04 Å². The average Bonchev–Trinajstić information content (AvgIpc) is 2.49. The van der Waals surface area contributed by atoms with Crippen LogP contribution in [0.3, 0.4) is 0 Å². The van der Waals surface area contributed by atoms with Crippen LogP contribution >= 0.6 is 0 Å². The summed E-state index contributed by atoms with van der Waals surface area (Å²) in [4.78, 5) is 12.2. The van der Waals surface area contributed by atoms with Gasteiger partial charge in [0.15, 0.2) is 0 Å². The van der Waals surface area contributed by atoms with Crippen molar-refractivity contribution in [2.75, 3.05) is 6.61 Å². The Morgan fingerprint density at radius 1 is 1.38 bits per heavy atom. The Kier molecular flexibility index (Phi) is 5.74. The van der Waals surface area contributed by atoms with E-state index in [0.717, 1.165) is 18.4 Å². The van der Waals surface area contributed by atoms with E-state index in [4.69, 9.17) is 4.74 Å². The summed E-state index contributed by atoms with van der Waals surface area (Å²) in [5, 5.41) is 3.41. The lowest BCUT2D eigenvalue weighted by atomic mass is 9.93. The Labute approximate surface area is 125 Å². The molecule has 2 rings (SSSR count). The zero-order chi connectivity index (χ0) is 15.2. The summed E-state index contributed by atoms with van der Waals surface area (Å²) < 4.78 is 18.6. The molecule has 116 valence electrons. The maximum atomic E-state index is 13.4. The van der Waals surface area contributed by atoms with Gasteiger partial charge in [0.25, 0.3) is 0 Å². The molecule has 1 aromatic carbocycles. The number of aryl methyl sites for hydroxylation is 1. The van der Waals surface area contributed by atoms with Crippen LogP contribution in [0.5, 0.6) is 0 Å². The molecule has 3 nitrogen and oxygen atoms in total. The largest absolute Gasteiger partial charge is 0.465 e. The molecular weight excluding hydrogens is 269 g/mol. The second-order valence-corrected chi connectivity index (χ2v) is 5.70. The van der Waals surface area contributed by atoms with Gasteiger partial charge < -0.3 is 4.74 Å². The number of carbonyl (C=O) groups is 1. The molecule has 0 saturated heterocycles. The molecule has 1 unspecified atom stereocenters. The molecular formula is C17H24FNO2. The van der Waals surface area contributed by atoms with Gasteiger partial charge in [-0.25, -0.2) is 9.18 Å². The Morgan fingerprint density at radius 2 is 2.10 bits per heavy atom. The predicted octanol–water partition coefficient (Wildman–Crippen LogP) is 3.66.